The van der Waals surface area contributed by atoms with Crippen molar-refractivity contribution in [2.75, 3.05) is 23.9 Å². The van der Waals surface area contributed by atoms with Gasteiger partial charge in [-0.1, -0.05) is 20.8 Å². The molecule has 0 bridgehead atoms. The van der Waals surface area contributed by atoms with Crippen molar-refractivity contribution in [2.45, 2.75) is 26.9 Å². The van der Waals surface area contributed by atoms with Crippen LogP contribution in [0.15, 0.2) is 12.1 Å². The van der Waals surface area contributed by atoms with E-state index in [9.17, 15) is 13.2 Å². The van der Waals surface area contributed by atoms with Crippen molar-refractivity contribution in [3.63, 3.8) is 0 Å². The highest BCUT2D eigenvalue weighted by Gasteiger charge is 2.32. The number of nitrogens with zero attached hydrogens (tertiary/aromatic N) is 2. The van der Waals surface area contributed by atoms with Crippen LogP contribution in [-0.2, 0) is 6.18 Å². The number of hydrogen-bond acceptors (Lipinski definition) is 4. The van der Waals surface area contributed by atoms with Crippen molar-refractivity contribution in [3.8, 4) is 0 Å². The van der Waals surface area contributed by atoms with Crippen LogP contribution in [0.25, 0.3) is 0 Å². The van der Waals surface area contributed by atoms with Crippen LogP contribution in [0, 0.1) is 5.41 Å². The summed E-state index contributed by atoms with van der Waals surface area (Å²) in [5.74, 6) is 5.39. The molecule has 0 saturated heterocycles. The normalized spacial score (nSPS) is 12.4. The molecule has 0 unspecified atom stereocenters. The first-order chi connectivity index (χ1) is 8.53. The molecule has 0 aliphatic carbocycles. The molecule has 0 amide bonds. The lowest BCUT2D eigenvalue weighted by Gasteiger charge is -2.28. The van der Waals surface area contributed by atoms with E-state index in [-0.39, 0.29) is 17.1 Å². The molecular formula is C12H19F3N4. The minimum Gasteiger partial charge on any atom is -0.359 e. The summed E-state index contributed by atoms with van der Waals surface area (Å²) < 4.78 is 38.3. The fourth-order valence-corrected chi connectivity index (χ4v) is 1.74. The molecule has 0 aromatic carbocycles. The molecular weight excluding hydrogens is 257 g/mol. The number of rotatable bonds is 3. The van der Waals surface area contributed by atoms with E-state index in [1.807, 2.05) is 20.8 Å². The van der Waals surface area contributed by atoms with E-state index >= 15 is 0 Å². The molecule has 1 aromatic heterocycles. The Kier molecular flexibility index (Phi) is 4.29. The van der Waals surface area contributed by atoms with Gasteiger partial charge in [0.05, 0.1) is 5.56 Å². The predicted molar refractivity (Wildman–Crippen MR) is 69.8 cm³/mol. The molecule has 0 radical (unpaired) electrons. The molecule has 1 aromatic rings. The summed E-state index contributed by atoms with van der Waals surface area (Å²) in [6, 6.07) is 1.90. The maximum Gasteiger partial charge on any atom is 0.416 e. The lowest BCUT2D eigenvalue weighted by molar-refractivity contribution is -0.137. The number of nitrogen functional groups attached to an aromatic ring is 1. The van der Waals surface area contributed by atoms with Gasteiger partial charge in [-0.3, -0.25) is 0 Å². The van der Waals surface area contributed by atoms with Gasteiger partial charge in [0.2, 0.25) is 0 Å². The molecule has 1 heterocycles. The van der Waals surface area contributed by atoms with Gasteiger partial charge in [-0.2, -0.15) is 13.2 Å². The second kappa shape index (κ2) is 5.24. The Hall–Kier alpha value is -1.50. The van der Waals surface area contributed by atoms with E-state index in [2.05, 4.69) is 10.4 Å². The van der Waals surface area contributed by atoms with Gasteiger partial charge in [0.1, 0.15) is 11.6 Å². The highest BCUT2D eigenvalue weighted by atomic mass is 19.4. The van der Waals surface area contributed by atoms with Gasteiger partial charge in [0, 0.05) is 13.6 Å². The molecule has 7 heteroatoms. The number of anilines is 2. The molecule has 4 nitrogen and oxygen atoms in total. The Bertz CT molecular complexity index is 438. The van der Waals surface area contributed by atoms with Crippen molar-refractivity contribution in [1.29, 1.82) is 0 Å². The molecule has 0 saturated carbocycles. The van der Waals surface area contributed by atoms with Crippen molar-refractivity contribution in [3.05, 3.63) is 17.7 Å². The average molecular weight is 276 g/mol. The summed E-state index contributed by atoms with van der Waals surface area (Å²) >= 11 is 0. The molecule has 19 heavy (non-hydrogen) atoms. The summed E-state index contributed by atoms with van der Waals surface area (Å²) in [5, 5.41) is 0. The Morgan fingerprint density at radius 2 is 1.84 bits per heavy atom. The number of halogens is 3. The standard InChI is InChI=1S/C12H19F3N4/c1-11(2,3)7-19(4)10-6-8(12(13,14)15)5-9(17-10)18-16/h5-6H,7,16H2,1-4H3,(H,17,18). The Labute approximate surface area is 110 Å². The third-order valence-electron chi connectivity index (χ3n) is 2.39. The van der Waals surface area contributed by atoms with Crippen LogP contribution >= 0.6 is 0 Å². The third-order valence-corrected chi connectivity index (χ3v) is 2.39. The maximum absolute atomic E-state index is 12.8. The first-order valence-corrected chi connectivity index (χ1v) is 5.80. The van der Waals surface area contributed by atoms with Crippen LogP contribution in [0.5, 0.6) is 0 Å². The first kappa shape index (κ1) is 15.6. The number of nitrogens with one attached hydrogen (secondary N) is 1. The Morgan fingerprint density at radius 3 is 2.26 bits per heavy atom. The largest absolute Gasteiger partial charge is 0.416 e. The minimum absolute atomic E-state index is 0.00872. The van der Waals surface area contributed by atoms with E-state index in [0.717, 1.165) is 12.1 Å². The van der Waals surface area contributed by atoms with Crippen LogP contribution in [0.3, 0.4) is 0 Å². The molecule has 0 fully saturated rings. The van der Waals surface area contributed by atoms with Gasteiger partial charge >= 0.3 is 6.18 Å². The zero-order valence-electron chi connectivity index (χ0n) is 11.5. The summed E-state index contributed by atoms with van der Waals surface area (Å²) in [7, 11) is 1.70. The fourth-order valence-electron chi connectivity index (χ4n) is 1.74. The Balaban J connectivity index is 3.13. The number of aromatic nitrogens is 1. The third kappa shape index (κ3) is 4.59. The topological polar surface area (TPSA) is 54.2 Å². The molecule has 0 atom stereocenters. The zero-order valence-corrected chi connectivity index (χ0v) is 11.5. The van der Waals surface area contributed by atoms with Crippen molar-refractivity contribution < 1.29 is 13.2 Å². The number of alkyl halides is 3. The molecule has 0 aliphatic heterocycles. The number of pyridine rings is 1. The number of hydrazine groups is 1. The first-order valence-electron chi connectivity index (χ1n) is 5.80. The van der Waals surface area contributed by atoms with Gasteiger partial charge in [0.25, 0.3) is 0 Å². The quantitative estimate of drug-likeness (QED) is 0.658. The van der Waals surface area contributed by atoms with Crippen LogP contribution in [0.4, 0.5) is 24.8 Å². The minimum atomic E-state index is -4.42. The second-order valence-corrected chi connectivity index (χ2v) is 5.66. The lowest BCUT2D eigenvalue weighted by Crippen LogP contribution is -2.30. The van der Waals surface area contributed by atoms with Crippen molar-refractivity contribution >= 4 is 11.6 Å². The summed E-state index contributed by atoms with van der Waals surface area (Å²) in [6.07, 6.45) is -4.42. The molecule has 3 N–H and O–H groups in total. The number of hydrogen-bond donors (Lipinski definition) is 2. The van der Waals surface area contributed by atoms with Crippen LogP contribution in [0.1, 0.15) is 26.3 Å². The van der Waals surface area contributed by atoms with E-state index < -0.39 is 11.7 Å². The second-order valence-electron chi connectivity index (χ2n) is 5.66. The fraction of sp³-hybridized carbons (Fsp3) is 0.583. The number of nitrogens with two attached hydrogens (primary N) is 1. The predicted octanol–water partition coefficient (Wildman–Crippen LogP) is 2.87. The van der Waals surface area contributed by atoms with Crippen molar-refractivity contribution in [2.24, 2.45) is 11.3 Å². The van der Waals surface area contributed by atoms with E-state index in [0.29, 0.717) is 6.54 Å². The molecule has 108 valence electrons. The Morgan fingerprint density at radius 1 is 1.26 bits per heavy atom. The lowest BCUT2D eigenvalue weighted by atomic mass is 9.96. The van der Waals surface area contributed by atoms with Gasteiger partial charge in [-0.25, -0.2) is 10.8 Å². The summed E-state index contributed by atoms with van der Waals surface area (Å²) in [4.78, 5) is 5.72. The van der Waals surface area contributed by atoms with E-state index in [1.54, 1.807) is 11.9 Å². The highest BCUT2D eigenvalue weighted by molar-refractivity contribution is 5.50. The zero-order chi connectivity index (χ0) is 14.8. The average Bonchev–Trinajstić information content (AvgIpc) is 2.25. The summed E-state index contributed by atoms with van der Waals surface area (Å²) in [6.45, 7) is 6.57. The van der Waals surface area contributed by atoms with E-state index in [1.165, 1.54) is 0 Å². The monoisotopic (exact) mass is 276 g/mol. The van der Waals surface area contributed by atoms with Gasteiger partial charge < -0.3 is 10.3 Å². The van der Waals surface area contributed by atoms with Gasteiger partial charge in [-0.15, -0.1) is 0 Å². The van der Waals surface area contributed by atoms with Crippen LogP contribution in [-0.4, -0.2) is 18.6 Å². The van der Waals surface area contributed by atoms with Crippen LogP contribution in [0.2, 0.25) is 0 Å². The summed E-state index contributed by atoms with van der Waals surface area (Å²) in [5.41, 5.74) is 1.33. The van der Waals surface area contributed by atoms with Gasteiger partial charge in [0.15, 0.2) is 0 Å². The van der Waals surface area contributed by atoms with Crippen molar-refractivity contribution in [1.82, 2.24) is 4.98 Å². The van der Waals surface area contributed by atoms with E-state index in [4.69, 9.17) is 5.84 Å². The van der Waals surface area contributed by atoms with Gasteiger partial charge in [-0.05, 0) is 17.5 Å². The maximum atomic E-state index is 12.8. The highest BCUT2D eigenvalue weighted by Crippen LogP contribution is 2.33. The SMILES string of the molecule is CN(CC(C)(C)C)c1cc(C(F)(F)F)cc(NN)n1. The molecule has 0 aliphatic rings. The smallest absolute Gasteiger partial charge is 0.359 e. The van der Waals surface area contributed by atoms with Crippen LogP contribution < -0.4 is 16.2 Å². The molecule has 1 rings (SSSR count). The molecule has 0 spiro atoms.